The van der Waals surface area contributed by atoms with E-state index < -0.39 is 11.7 Å². The first-order valence-corrected chi connectivity index (χ1v) is 6.74. The Morgan fingerprint density at radius 3 is 2.42 bits per heavy atom. The lowest BCUT2D eigenvalue weighted by Crippen LogP contribution is -2.45. The fourth-order valence-corrected chi connectivity index (χ4v) is 1.58. The van der Waals surface area contributed by atoms with Gasteiger partial charge in [-0.05, 0) is 39.3 Å². The number of amides is 1. The molecule has 0 saturated heterocycles. The molecule has 0 fully saturated rings. The number of para-hydroxylation sites is 1. The fourth-order valence-electron chi connectivity index (χ4n) is 1.58. The van der Waals surface area contributed by atoms with Crippen LogP contribution in [0.2, 0.25) is 0 Å². The number of hydrazine groups is 1. The molecular formula is C15H24N2O2. The second kappa shape index (κ2) is 7.02. The van der Waals surface area contributed by atoms with E-state index in [1.807, 2.05) is 56.1 Å². The van der Waals surface area contributed by atoms with Crippen LogP contribution in [0.1, 0.15) is 40.5 Å². The lowest BCUT2D eigenvalue weighted by atomic mass is 10.2. The highest BCUT2D eigenvalue weighted by Crippen LogP contribution is 2.13. The minimum atomic E-state index is -0.489. The zero-order chi connectivity index (χ0) is 14.3. The molecule has 4 heteroatoms. The minimum Gasteiger partial charge on any atom is -0.443 e. The third kappa shape index (κ3) is 6.13. The largest absolute Gasteiger partial charge is 0.443 e. The standard InChI is InChI=1S/C15H24N2O2/c1-5-6-12-17(13-10-8-7-9-11-13)16-14(18)19-15(2,3)4/h7-11H,5-6,12H2,1-4H3,(H,16,18). The Bertz CT molecular complexity index is 385. The normalized spacial score (nSPS) is 10.9. The number of ether oxygens (including phenoxy) is 1. The average molecular weight is 264 g/mol. The van der Waals surface area contributed by atoms with Crippen molar-refractivity contribution in [3.05, 3.63) is 30.3 Å². The van der Waals surface area contributed by atoms with E-state index in [0.717, 1.165) is 25.1 Å². The Hall–Kier alpha value is -1.71. The van der Waals surface area contributed by atoms with Crippen molar-refractivity contribution >= 4 is 11.8 Å². The quantitative estimate of drug-likeness (QED) is 0.824. The predicted molar refractivity (Wildman–Crippen MR) is 78.1 cm³/mol. The van der Waals surface area contributed by atoms with Crippen LogP contribution in [0.15, 0.2) is 30.3 Å². The number of benzene rings is 1. The molecule has 19 heavy (non-hydrogen) atoms. The van der Waals surface area contributed by atoms with Gasteiger partial charge in [-0.2, -0.15) is 0 Å². The first-order valence-electron chi connectivity index (χ1n) is 6.74. The summed E-state index contributed by atoms with van der Waals surface area (Å²) >= 11 is 0. The highest BCUT2D eigenvalue weighted by molar-refractivity contribution is 5.70. The maximum Gasteiger partial charge on any atom is 0.426 e. The maximum atomic E-state index is 11.8. The zero-order valence-electron chi connectivity index (χ0n) is 12.3. The summed E-state index contributed by atoms with van der Waals surface area (Å²) < 4.78 is 5.28. The highest BCUT2D eigenvalue weighted by atomic mass is 16.6. The maximum absolute atomic E-state index is 11.8. The van der Waals surface area contributed by atoms with Crippen LogP contribution in [-0.4, -0.2) is 18.2 Å². The van der Waals surface area contributed by atoms with Gasteiger partial charge in [0.25, 0.3) is 0 Å². The monoisotopic (exact) mass is 264 g/mol. The van der Waals surface area contributed by atoms with Crippen molar-refractivity contribution in [2.45, 2.75) is 46.1 Å². The van der Waals surface area contributed by atoms with Crippen LogP contribution in [0.3, 0.4) is 0 Å². The summed E-state index contributed by atoms with van der Waals surface area (Å²) in [6.45, 7) is 8.44. The van der Waals surface area contributed by atoms with Gasteiger partial charge in [-0.15, -0.1) is 0 Å². The zero-order valence-corrected chi connectivity index (χ0v) is 12.3. The molecule has 4 nitrogen and oxygen atoms in total. The Morgan fingerprint density at radius 1 is 1.26 bits per heavy atom. The Morgan fingerprint density at radius 2 is 1.89 bits per heavy atom. The number of anilines is 1. The van der Waals surface area contributed by atoms with E-state index in [1.54, 1.807) is 0 Å². The van der Waals surface area contributed by atoms with Gasteiger partial charge in [-0.1, -0.05) is 31.5 Å². The molecule has 0 bridgehead atoms. The van der Waals surface area contributed by atoms with Crippen LogP contribution in [0.4, 0.5) is 10.5 Å². The SMILES string of the molecule is CCCCN(NC(=O)OC(C)(C)C)c1ccccc1. The van der Waals surface area contributed by atoms with Crippen molar-refractivity contribution in [2.24, 2.45) is 0 Å². The number of carbonyl (C=O) groups excluding carboxylic acids is 1. The smallest absolute Gasteiger partial charge is 0.426 e. The molecule has 0 aromatic heterocycles. The summed E-state index contributed by atoms with van der Waals surface area (Å²) in [7, 11) is 0. The number of nitrogens with zero attached hydrogens (tertiary/aromatic N) is 1. The van der Waals surface area contributed by atoms with Gasteiger partial charge in [0.15, 0.2) is 0 Å². The second-order valence-corrected chi connectivity index (χ2v) is 5.45. The second-order valence-electron chi connectivity index (χ2n) is 5.45. The van der Waals surface area contributed by atoms with Crippen molar-refractivity contribution < 1.29 is 9.53 Å². The summed E-state index contributed by atoms with van der Waals surface area (Å²) in [5.41, 5.74) is 3.27. The molecular weight excluding hydrogens is 240 g/mol. The Balaban J connectivity index is 2.67. The van der Waals surface area contributed by atoms with E-state index in [4.69, 9.17) is 4.74 Å². The van der Waals surface area contributed by atoms with Crippen LogP contribution in [0.25, 0.3) is 0 Å². The molecule has 1 aromatic rings. The van der Waals surface area contributed by atoms with Crippen molar-refractivity contribution in [2.75, 3.05) is 11.6 Å². The van der Waals surface area contributed by atoms with Gasteiger partial charge in [-0.3, -0.25) is 5.01 Å². The average Bonchev–Trinajstić information content (AvgIpc) is 2.33. The number of unbranched alkanes of at least 4 members (excludes halogenated alkanes) is 1. The third-order valence-electron chi connectivity index (χ3n) is 2.43. The van der Waals surface area contributed by atoms with E-state index >= 15 is 0 Å². The van der Waals surface area contributed by atoms with Crippen LogP contribution in [0, 0.1) is 0 Å². The van der Waals surface area contributed by atoms with Gasteiger partial charge >= 0.3 is 6.09 Å². The van der Waals surface area contributed by atoms with Gasteiger partial charge < -0.3 is 4.74 Å². The van der Waals surface area contributed by atoms with Crippen LogP contribution >= 0.6 is 0 Å². The molecule has 0 spiro atoms. The first kappa shape index (κ1) is 15.3. The number of carbonyl (C=O) groups is 1. The van der Waals surface area contributed by atoms with E-state index in [-0.39, 0.29) is 0 Å². The van der Waals surface area contributed by atoms with Gasteiger partial charge in [0, 0.05) is 6.54 Å². The summed E-state index contributed by atoms with van der Waals surface area (Å²) in [5, 5.41) is 1.83. The van der Waals surface area contributed by atoms with Crippen molar-refractivity contribution in [1.29, 1.82) is 0 Å². The lowest BCUT2D eigenvalue weighted by molar-refractivity contribution is 0.0521. The van der Waals surface area contributed by atoms with E-state index in [9.17, 15) is 4.79 Å². The number of nitrogens with one attached hydrogen (secondary N) is 1. The van der Waals surface area contributed by atoms with E-state index in [0.29, 0.717) is 0 Å². The van der Waals surface area contributed by atoms with Gasteiger partial charge in [0.05, 0.1) is 5.69 Å². The fraction of sp³-hybridized carbons (Fsp3) is 0.533. The van der Waals surface area contributed by atoms with Crippen molar-refractivity contribution in [3.63, 3.8) is 0 Å². The van der Waals surface area contributed by atoms with Crippen LogP contribution in [0.5, 0.6) is 0 Å². The molecule has 0 aliphatic heterocycles. The van der Waals surface area contributed by atoms with Crippen molar-refractivity contribution in [1.82, 2.24) is 5.43 Å². The van der Waals surface area contributed by atoms with E-state index in [1.165, 1.54) is 0 Å². The molecule has 0 aliphatic carbocycles. The third-order valence-corrected chi connectivity index (χ3v) is 2.43. The van der Waals surface area contributed by atoms with E-state index in [2.05, 4.69) is 12.3 Å². The molecule has 0 radical (unpaired) electrons. The van der Waals surface area contributed by atoms with Gasteiger partial charge in [-0.25, -0.2) is 10.2 Å². The Kier molecular flexibility index (Phi) is 5.67. The van der Waals surface area contributed by atoms with Crippen molar-refractivity contribution in [3.8, 4) is 0 Å². The summed E-state index contributed by atoms with van der Waals surface area (Å²) in [6, 6.07) is 9.78. The number of rotatable bonds is 5. The van der Waals surface area contributed by atoms with Crippen LogP contribution < -0.4 is 10.4 Å². The Labute approximate surface area is 115 Å². The first-order chi connectivity index (χ1) is 8.92. The predicted octanol–water partition coefficient (Wildman–Crippen LogP) is 3.73. The minimum absolute atomic E-state index is 0.424. The molecule has 0 unspecified atom stereocenters. The molecule has 1 rings (SSSR count). The molecule has 106 valence electrons. The topological polar surface area (TPSA) is 41.6 Å². The number of hydrogen-bond donors (Lipinski definition) is 1. The van der Waals surface area contributed by atoms with Gasteiger partial charge in [0.2, 0.25) is 0 Å². The molecule has 0 heterocycles. The molecule has 0 atom stereocenters. The number of hydrogen-bond acceptors (Lipinski definition) is 3. The lowest BCUT2D eigenvalue weighted by Gasteiger charge is -2.27. The molecule has 1 amide bonds. The summed E-state index contributed by atoms with van der Waals surface area (Å²) in [5.74, 6) is 0. The molecule has 1 aromatic carbocycles. The highest BCUT2D eigenvalue weighted by Gasteiger charge is 2.18. The molecule has 1 N–H and O–H groups in total. The summed E-state index contributed by atoms with van der Waals surface area (Å²) in [6.07, 6.45) is 1.65. The molecule has 0 aliphatic rings. The van der Waals surface area contributed by atoms with Crippen LogP contribution in [-0.2, 0) is 4.74 Å². The van der Waals surface area contributed by atoms with Gasteiger partial charge in [0.1, 0.15) is 5.60 Å². The molecule has 0 saturated carbocycles. The summed E-state index contributed by atoms with van der Waals surface area (Å²) in [4.78, 5) is 11.8.